The van der Waals surface area contributed by atoms with Gasteiger partial charge in [0.1, 0.15) is 17.1 Å². The van der Waals surface area contributed by atoms with Crippen molar-refractivity contribution in [1.29, 1.82) is 5.26 Å². The van der Waals surface area contributed by atoms with Crippen molar-refractivity contribution < 1.29 is 9.15 Å². The molecule has 0 atom stereocenters. The van der Waals surface area contributed by atoms with Crippen molar-refractivity contribution in [3.05, 3.63) is 110 Å². The molecule has 5 heteroatoms. The molecule has 0 amide bonds. The Bertz CT molecular complexity index is 1530. The van der Waals surface area contributed by atoms with Crippen LogP contribution in [0.25, 0.3) is 21.9 Å². The van der Waals surface area contributed by atoms with Gasteiger partial charge in [0.15, 0.2) is 0 Å². The topological polar surface area (TPSA) is 67.6 Å². The Hall–Kier alpha value is -4.53. The fourth-order valence-electron chi connectivity index (χ4n) is 3.61. The van der Waals surface area contributed by atoms with Crippen molar-refractivity contribution in [2.45, 2.75) is 33.6 Å². The first kappa shape index (κ1) is 22.7. The van der Waals surface area contributed by atoms with Gasteiger partial charge in [-0.15, -0.1) is 0 Å². The number of hydrogen-bond donors (Lipinski definition) is 0. The minimum Gasteiger partial charge on any atom is -0.461 e. The third kappa shape index (κ3) is 4.78. The summed E-state index contributed by atoms with van der Waals surface area (Å²) in [5.41, 5.74) is 2.51. The number of rotatable bonds is 2. The summed E-state index contributed by atoms with van der Waals surface area (Å²) in [6.45, 7) is 13.2. The summed E-state index contributed by atoms with van der Waals surface area (Å²) in [4.78, 5) is 16.0. The molecule has 0 unspecified atom stereocenters. The van der Waals surface area contributed by atoms with E-state index in [2.05, 4.69) is 16.7 Å². The van der Waals surface area contributed by atoms with Crippen LogP contribution in [0, 0.1) is 35.2 Å². The van der Waals surface area contributed by atoms with E-state index in [0.29, 0.717) is 28.2 Å². The molecule has 1 aliphatic heterocycles. The predicted molar refractivity (Wildman–Crippen MR) is 132 cm³/mol. The molecule has 0 spiro atoms. The van der Waals surface area contributed by atoms with Gasteiger partial charge in [-0.3, -0.25) is 0 Å². The first-order valence-corrected chi connectivity index (χ1v) is 10.9. The number of aryl methyl sites for hydroxylation is 1. The fraction of sp³-hybridized carbons (Fsp3) is 0.207. The van der Waals surface area contributed by atoms with E-state index in [-0.39, 0.29) is 11.1 Å². The summed E-state index contributed by atoms with van der Waals surface area (Å²) >= 11 is 0. The SMILES string of the molecule is [C-]#[N+]/C(C#N)=C1C=C(/C=C/c2cc3cc4c(cc3oc2=O)C#C/C=C\CC4)OC(C(C)(C)C)=C/1. The maximum atomic E-state index is 12.7. The van der Waals surface area contributed by atoms with E-state index in [4.69, 9.17) is 15.7 Å². The van der Waals surface area contributed by atoms with Crippen LogP contribution in [0.4, 0.5) is 0 Å². The molecule has 2 aliphatic rings. The average molecular weight is 447 g/mol. The van der Waals surface area contributed by atoms with Crippen molar-refractivity contribution in [1.82, 2.24) is 0 Å². The van der Waals surface area contributed by atoms with E-state index in [1.165, 1.54) is 0 Å². The van der Waals surface area contributed by atoms with Crippen LogP contribution in [0.15, 0.2) is 80.6 Å². The zero-order chi connectivity index (χ0) is 24.3. The molecule has 0 fully saturated rings. The molecule has 5 nitrogen and oxygen atoms in total. The first-order chi connectivity index (χ1) is 16.3. The highest BCUT2D eigenvalue weighted by atomic mass is 16.5. The number of allylic oxidation sites excluding steroid dienone is 8. The number of hydrogen-bond acceptors (Lipinski definition) is 4. The smallest absolute Gasteiger partial charge is 0.343 e. The number of benzene rings is 1. The molecule has 0 N–H and O–H groups in total. The standard InChI is InChI=1S/C29H22N2O3/c1-29(2,3)27-17-22(25(18-30)31-4)15-24(33-27)12-11-21-14-23-13-19-9-7-5-6-8-10-20(19)16-26(23)34-28(21)32/h5-6,11-17H,7,9H2,1-3H3/b6-5-,12-11+,25-22-. The van der Waals surface area contributed by atoms with Crippen LogP contribution < -0.4 is 5.63 Å². The van der Waals surface area contributed by atoms with Gasteiger partial charge in [0.05, 0.1) is 18.2 Å². The second-order valence-electron chi connectivity index (χ2n) is 9.02. The molecule has 2 heterocycles. The Labute approximate surface area is 198 Å². The number of nitrogens with zero attached hydrogens (tertiary/aromatic N) is 2. The number of fused-ring (bicyclic) bond motifs is 2. The fourth-order valence-corrected chi connectivity index (χ4v) is 3.61. The molecule has 4 rings (SSSR count). The lowest BCUT2D eigenvalue weighted by atomic mass is 9.91. The van der Waals surface area contributed by atoms with Crippen molar-refractivity contribution >= 4 is 17.0 Å². The summed E-state index contributed by atoms with van der Waals surface area (Å²) < 4.78 is 11.6. The Morgan fingerprint density at radius 1 is 1.24 bits per heavy atom. The minimum atomic E-state index is -0.472. The van der Waals surface area contributed by atoms with Crippen LogP contribution >= 0.6 is 0 Å². The Kier molecular flexibility index (Phi) is 6.09. The van der Waals surface area contributed by atoms with Gasteiger partial charge in [-0.05, 0) is 72.6 Å². The molecule has 0 bridgehead atoms. The summed E-state index contributed by atoms with van der Waals surface area (Å²) in [5.74, 6) is 7.16. The molecule has 1 aromatic carbocycles. The largest absolute Gasteiger partial charge is 0.461 e. The zero-order valence-electron chi connectivity index (χ0n) is 19.2. The molecule has 0 saturated carbocycles. The van der Waals surface area contributed by atoms with Crippen LogP contribution in [0.2, 0.25) is 0 Å². The van der Waals surface area contributed by atoms with Crippen LogP contribution in [-0.2, 0) is 11.2 Å². The van der Waals surface area contributed by atoms with E-state index in [9.17, 15) is 10.1 Å². The normalized spacial score (nSPS) is 17.6. The average Bonchev–Trinajstić information content (AvgIpc) is 2.78. The van der Waals surface area contributed by atoms with Crippen LogP contribution in [-0.4, -0.2) is 0 Å². The Morgan fingerprint density at radius 3 is 2.79 bits per heavy atom. The minimum absolute atomic E-state index is 0.0180. The van der Waals surface area contributed by atoms with Gasteiger partial charge in [0, 0.05) is 16.4 Å². The molecular weight excluding hydrogens is 424 g/mol. The Morgan fingerprint density at radius 2 is 2.06 bits per heavy atom. The molecule has 0 radical (unpaired) electrons. The molecule has 34 heavy (non-hydrogen) atoms. The highest BCUT2D eigenvalue weighted by Crippen LogP contribution is 2.34. The van der Waals surface area contributed by atoms with Gasteiger partial charge < -0.3 is 9.15 Å². The Balaban J connectivity index is 1.73. The summed E-state index contributed by atoms with van der Waals surface area (Å²) in [6.07, 6.45) is 12.3. The van der Waals surface area contributed by atoms with Crippen molar-refractivity contribution in [2.75, 3.05) is 0 Å². The maximum Gasteiger partial charge on any atom is 0.343 e. The quantitative estimate of drug-likeness (QED) is 0.238. The molecular formula is C29H22N2O3. The second-order valence-corrected chi connectivity index (χ2v) is 9.02. The molecule has 166 valence electrons. The molecule has 1 aromatic heterocycles. The van der Waals surface area contributed by atoms with Crippen LogP contribution in [0.5, 0.6) is 0 Å². The van der Waals surface area contributed by atoms with E-state index in [0.717, 1.165) is 29.4 Å². The lowest BCUT2D eigenvalue weighted by Gasteiger charge is -2.26. The van der Waals surface area contributed by atoms with Crippen molar-refractivity contribution in [3.63, 3.8) is 0 Å². The van der Waals surface area contributed by atoms with Gasteiger partial charge >= 0.3 is 5.63 Å². The lowest BCUT2D eigenvalue weighted by molar-refractivity contribution is 0.223. The van der Waals surface area contributed by atoms with E-state index in [1.807, 2.05) is 51.1 Å². The van der Waals surface area contributed by atoms with Gasteiger partial charge in [-0.2, -0.15) is 0 Å². The van der Waals surface area contributed by atoms with Gasteiger partial charge in [-0.25, -0.2) is 14.9 Å². The summed E-state index contributed by atoms with van der Waals surface area (Å²) in [5, 5.41) is 10.1. The summed E-state index contributed by atoms with van der Waals surface area (Å²) in [7, 11) is 0. The predicted octanol–water partition coefficient (Wildman–Crippen LogP) is 6.20. The zero-order valence-corrected chi connectivity index (χ0v) is 19.2. The number of nitriles is 1. The van der Waals surface area contributed by atoms with Gasteiger partial charge in [0.25, 0.3) is 5.70 Å². The molecule has 0 saturated heterocycles. The second kappa shape index (κ2) is 9.14. The maximum absolute atomic E-state index is 12.7. The van der Waals surface area contributed by atoms with E-state index < -0.39 is 5.63 Å². The highest BCUT2D eigenvalue weighted by molar-refractivity contribution is 5.82. The first-order valence-electron chi connectivity index (χ1n) is 10.9. The van der Waals surface area contributed by atoms with E-state index >= 15 is 0 Å². The summed E-state index contributed by atoms with van der Waals surface area (Å²) in [6, 6.07) is 7.56. The lowest BCUT2D eigenvalue weighted by Crippen LogP contribution is -2.15. The number of ether oxygens (including phenoxy) is 1. The van der Waals surface area contributed by atoms with E-state index in [1.54, 1.807) is 30.4 Å². The third-order valence-corrected chi connectivity index (χ3v) is 5.44. The van der Waals surface area contributed by atoms with Crippen LogP contribution in [0.3, 0.4) is 0 Å². The van der Waals surface area contributed by atoms with Gasteiger partial charge in [-0.1, -0.05) is 38.7 Å². The monoisotopic (exact) mass is 446 g/mol. The third-order valence-electron chi connectivity index (χ3n) is 5.44. The van der Waals surface area contributed by atoms with Crippen molar-refractivity contribution in [3.8, 4) is 17.9 Å². The molecule has 1 aliphatic carbocycles. The molecule has 2 aromatic rings. The van der Waals surface area contributed by atoms with Gasteiger partial charge in [0.2, 0.25) is 0 Å². The van der Waals surface area contributed by atoms with Crippen LogP contribution in [0.1, 0.15) is 43.9 Å². The highest BCUT2D eigenvalue weighted by Gasteiger charge is 2.24. The van der Waals surface area contributed by atoms with Crippen molar-refractivity contribution in [2.24, 2.45) is 5.41 Å².